The smallest absolute Gasteiger partial charge is 0.184 e. The molecule has 1 fully saturated rings. The minimum Gasteiger partial charge on any atom is -0.391 e. The summed E-state index contributed by atoms with van der Waals surface area (Å²) in [5, 5.41) is 14.5. The second kappa shape index (κ2) is 6.90. The van der Waals surface area contributed by atoms with Gasteiger partial charge < -0.3 is 15.0 Å². The lowest BCUT2D eigenvalue weighted by molar-refractivity contribution is 0.116. The van der Waals surface area contributed by atoms with E-state index in [0.717, 1.165) is 58.6 Å². The molecule has 0 spiro atoms. The van der Waals surface area contributed by atoms with Crippen LogP contribution in [0.5, 0.6) is 0 Å². The zero-order valence-corrected chi connectivity index (χ0v) is 15.7. The number of imidazole rings is 1. The quantitative estimate of drug-likeness (QED) is 0.564. The van der Waals surface area contributed by atoms with Crippen molar-refractivity contribution in [2.24, 2.45) is 0 Å². The molecular weight excluding hydrogens is 358 g/mol. The van der Waals surface area contributed by atoms with Crippen molar-refractivity contribution in [3.05, 3.63) is 48.5 Å². The molecule has 4 aromatic rings. The van der Waals surface area contributed by atoms with Gasteiger partial charge in [0.1, 0.15) is 0 Å². The maximum absolute atomic E-state index is 10.2. The number of thiazole rings is 1. The molecule has 0 aliphatic heterocycles. The van der Waals surface area contributed by atoms with Gasteiger partial charge in [-0.2, -0.15) is 0 Å². The van der Waals surface area contributed by atoms with Crippen LogP contribution in [0.4, 0.5) is 5.13 Å². The topological polar surface area (TPSA) is 75.9 Å². The zero-order valence-electron chi connectivity index (χ0n) is 14.9. The molecule has 1 aromatic carbocycles. The lowest BCUT2D eigenvalue weighted by Crippen LogP contribution is -2.36. The minimum absolute atomic E-state index is 0.114. The third-order valence-corrected chi connectivity index (χ3v) is 6.22. The van der Waals surface area contributed by atoms with Crippen LogP contribution < -0.4 is 5.32 Å². The number of hydrogen-bond donors (Lipinski definition) is 2. The van der Waals surface area contributed by atoms with Gasteiger partial charge in [0.25, 0.3) is 0 Å². The van der Waals surface area contributed by atoms with Crippen molar-refractivity contribution in [2.45, 2.75) is 44.4 Å². The standard InChI is InChI=1S/C20H21N5OS/c26-18-4-2-1-3-15(18)23-20-24-16-6-5-13(9-19(16)27-20)11-25-12-22-14-7-8-21-10-17(14)25/h5-10,12,15,18,26H,1-4,11H2,(H,23,24). The highest BCUT2D eigenvalue weighted by Crippen LogP contribution is 2.30. The van der Waals surface area contributed by atoms with Crippen molar-refractivity contribution in [1.82, 2.24) is 19.5 Å². The maximum Gasteiger partial charge on any atom is 0.184 e. The zero-order chi connectivity index (χ0) is 18.2. The van der Waals surface area contributed by atoms with Crippen LogP contribution in [-0.4, -0.2) is 36.8 Å². The highest BCUT2D eigenvalue weighted by molar-refractivity contribution is 7.22. The number of anilines is 1. The summed E-state index contributed by atoms with van der Waals surface area (Å²) >= 11 is 1.65. The Morgan fingerprint density at radius 2 is 2.11 bits per heavy atom. The molecule has 6 nitrogen and oxygen atoms in total. The van der Waals surface area contributed by atoms with Gasteiger partial charge in [-0.1, -0.05) is 30.2 Å². The largest absolute Gasteiger partial charge is 0.391 e. The molecule has 1 aliphatic carbocycles. The molecule has 2 atom stereocenters. The van der Waals surface area contributed by atoms with Gasteiger partial charge in [0.2, 0.25) is 0 Å². The van der Waals surface area contributed by atoms with E-state index in [2.05, 4.69) is 38.1 Å². The number of aromatic nitrogens is 4. The number of nitrogens with zero attached hydrogens (tertiary/aromatic N) is 4. The monoisotopic (exact) mass is 379 g/mol. The van der Waals surface area contributed by atoms with E-state index in [1.54, 1.807) is 17.5 Å². The molecule has 1 aliphatic rings. The Kier molecular flexibility index (Phi) is 4.26. The van der Waals surface area contributed by atoms with Crippen molar-refractivity contribution in [1.29, 1.82) is 0 Å². The number of rotatable bonds is 4. The Morgan fingerprint density at radius 1 is 1.19 bits per heavy atom. The average molecular weight is 379 g/mol. The second-order valence-electron chi connectivity index (χ2n) is 7.16. The van der Waals surface area contributed by atoms with Crippen LogP contribution in [0.2, 0.25) is 0 Å². The van der Waals surface area contributed by atoms with Crippen molar-refractivity contribution in [3.8, 4) is 0 Å². The Balaban J connectivity index is 1.39. The van der Waals surface area contributed by atoms with Crippen LogP contribution in [0.3, 0.4) is 0 Å². The van der Waals surface area contributed by atoms with Crippen LogP contribution in [-0.2, 0) is 6.54 Å². The first-order valence-corrected chi connectivity index (χ1v) is 10.2. The predicted octanol–water partition coefficient (Wildman–Crippen LogP) is 3.80. The summed E-state index contributed by atoms with van der Waals surface area (Å²) in [5.74, 6) is 0. The van der Waals surface area contributed by atoms with Crippen molar-refractivity contribution in [2.75, 3.05) is 5.32 Å². The first-order chi connectivity index (χ1) is 13.3. The summed E-state index contributed by atoms with van der Waals surface area (Å²) in [5.41, 5.74) is 4.20. The van der Waals surface area contributed by atoms with E-state index in [9.17, 15) is 5.11 Å². The van der Waals surface area contributed by atoms with Gasteiger partial charge in [0.05, 0.1) is 45.9 Å². The van der Waals surface area contributed by atoms with Gasteiger partial charge in [0.15, 0.2) is 5.13 Å². The molecule has 0 bridgehead atoms. The van der Waals surface area contributed by atoms with Crippen LogP contribution >= 0.6 is 11.3 Å². The van der Waals surface area contributed by atoms with E-state index in [-0.39, 0.29) is 12.1 Å². The average Bonchev–Trinajstić information content (AvgIpc) is 3.27. The number of pyridine rings is 1. The molecule has 27 heavy (non-hydrogen) atoms. The van der Waals surface area contributed by atoms with E-state index in [1.807, 2.05) is 18.6 Å². The molecule has 2 unspecified atom stereocenters. The van der Waals surface area contributed by atoms with Gasteiger partial charge >= 0.3 is 0 Å². The fourth-order valence-electron chi connectivity index (χ4n) is 3.79. The third kappa shape index (κ3) is 3.28. The van der Waals surface area contributed by atoms with Crippen molar-refractivity contribution in [3.63, 3.8) is 0 Å². The van der Waals surface area contributed by atoms with Gasteiger partial charge in [-0.15, -0.1) is 0 Å². The summed E-state index contributed by atoms with van der Waals surface area (Å²) in [7, 11) is 0. The molecule has 138 valence electrons. The van der Waals surface area contributed by atoms with Crippen molar-refractivity contribution < 1.29 is 5.11 Å². The van der Waals surface area contributed by atoms with Gasteiger partial charge in [-0.3, -0.25) is 4.98 Å². The fraction of sp³-hybridized carbons (Fsp3) is 0.350. The Hall–Kier alpha value is -2.51. The highest BCUT2D eigenvalue weighted by Gasteiger charge is 2.23. The van der Waals surface area contributed by atoms with Crippen LogP contribution in [0.25, 0.3) is 21.3 Å². The van der Waals surface area contributed by atoms with Crippen LogP contribution in [0.15, 0.2) is 43.0 Å². The molecule has 3 aromatic heterocycles. The minimum atomic E-state index is -0.274. The third-order valence-electron chi connectivity index (χ3n) is 5.27. The molecule has 0 radical (unpaired) electrons. The highest BCUT2D eigenvalue weighted by atomic mass is 32.1. The normalized spacial score (nSPS) is 20.3. The molecule has 2 N–H and O–H groups in total. The number of benzene rings is 1. The molecule has 0 saturated heterocycles. The summed E-state index contributed by atoms with van der Waals surface area (Å²) in [4.78, 5) is 13.3. The summed E-state index contributed by atoms with van der Waals surface area (Å²) < 4.78 is 3.27. The summed E-state index contributed by atoms with van der Waals surface area (Å²) in [6.07, 6.45) is 9.36. The number of aliphatic hydroxyl groups excluding tert-OH is 1. The number of fused-ring (bicyclic) bond motifs is 2. The molecule has 0 amide bonds. The first kappa shape index (κ1) is 16.6. The molecule has 5 rings (SSSR count). The second-order valence-corrected chi connectivity index (χ2v) is 8.19. The van der Waals surface area contributed by atoms with Crippen LogP contribution in [0.1, 0.15) is 31.2 Å². The molecule has 3 heterocycles. The van der Waals surface area contributed by atoms with E-state index < -0.39 is 0 Å². The fourth-order valence-corrected chi connectivity index (χ4v) is 4.78. The predicted molar refractivity (Wildman–Crippen MR) is 108 cm³/mol. The number of aliphatic hydroxyl groups is 1. The Labute approximate surface area is 160 Å². The number of nitrogens with one attached hydrogen (secondary N) is 1. The Morgan fingerprint density at radius 3 is 3.04 bits per heavy atom. The van der Waals surface area contributed by atoms with Gasteiger partial charge in [-0.05, 0) is 36.6 Å². The van der Waals surface area contributed by atoms with Gasteiger partial charge in [-0.25, -0.2) is 9.97 Å². The number of hydrogen-bond acceptors (Lipinski definition) is 6. The van der Waals surface area contributed by atoms with E-state index in [0.29, 0.717) is 0 Å². The summed E-state index contributed by atoms with van der Waals surface area (Å²) in [6, 6.07) is 8.42. The first-order valence-electron chi connectivity index (χ1n) is 9.35. The van der Waals surface area contributed by atoms with E-state index in [4.69, 9.17) is 4.98 Å². The lowest BCUT2D eigenvalue weighted by Gasteiger charge is -2.27. The van der Waals surface area contributed by atoms with Crippen LogP contribution in [0, 0.1) is 0 Å². The van der Waals surface area contributed by atoms with E-state index >= 15 is 0 Å². The summed E-state index contributed by atoms with van der Waals surface area (Å²) in [6.45, 7) is 0.750. The molecule has 7 heteroatoms. The SMILES string of the molecule is OC1CCCCC1Nc1nc2ccc(Cn3cnc4ccncc43)cc2s1. The van der Waals surface area contributed by atoms with Crippen molar-refractivity contribution >= 4 is 37.7 Å². The molecular formula is C20H21N5OS. The maximum atomic E-state index is 10.2. The van der Waals surface area contributed by atoms with E-state index in [1.165, 1.54) is 5.56 Å². The Bertz CT molecular complexity index is 1090. The molecule has 1 saturated carbocycles. The van der Waals surface area contributed by atoms with Gasteiger partial charge in [0, 0.05) is 12.7 Å². The lowest BCUT2D eigenvalue weighted by atomic mass is 9.93.